The van der Waals surface area contributed by atoms with Crippen LogP contribution in [0, 0.1) is 0 Å². The van der Waals surface area contributed by atoms with E-state index >= 15 is 0 Å². The van der Waals surface area contributed by atoms with E-state index in [4.69, 9.17) is 21.4 Å². The van der Waals surface area contributed by atoms with Gasteiger partial charge in [0.05, 0.1) is 17.3 Å². The molecule has 16 heavy (non-hydrogen) atoms. The molecule has 0 saturated heterocycles. The summed E-state index contributed by atoms with van der Waals surface area (Å²) in [6.07, 6.45) is 0. The molecule has 0 bridgehead atoms. The molecule has 0 unspecified atom stereocenters. The first-order valence-corrected chi connectivity index (χ1v) is 5.03. The summed E-state index contributed by atoms with van der Waals surface area (Å²) in [5.74, 6) is 0.862. The lowest BCUT2D eigenvalue weighted by atomic mass is 10.3. The summed E-state index contributed by atoms with van der Waals surface area (Å²) >= 11 is 5.92. The zero-order valence-corrected chi connectivity index (χ0v) is 9.05. The Bertz CT molecular complexity index is 474. The van der Waals surface area contributed by atoms with Gasteiger partial charge < -0.3 is 9.84 Å². The fourth-order valence-electron chi connectivity index (χ4n) is 1.13. The summed E-state index contributed by atoms with van der Waals surface area (Å²) in [5.41, 5.74) is 0.492. The third-order valence-electron chi connectivity index (χ3n) is 1.91. The molecule has 0 amide bonds. The molecule has 2 aromatic rings. The molecule has 0 saturated carbocycles. The van der Waals surface area contributed by atoms with Crippen LogP contribution in [0.2, 0.25) is 5.02 Å². The number of rotatable bonds is 3. The van der Waals surface area contributed by atoms with Crippen molar-refractivity contribution >= 4 is 11.6 Å². The van der Waals surface area contributed by atoms with Gasteiger partial charge in [0.2, 0.25) is 5.88 Å². The van der Waals surface area contributed by atoms with E-state index in [0.717, 1.165) is 0 Å². The number of hydrogen-bond acceptors (Lipinski definition) is 4. The van der Waals surface area contributed by atoms with Crippen LogP contribution in [-0.2, 0) is 6.61 Å². The van der Waals surface area contributed by atoms with Gasteiger partial charge in [0.25, 0.3) is 0 Å². The second-order valence-corrected chi connectivity index (χ2v) is 3.46. The van der Waals surface area contributed by atoms with Crippen LogP contribution < -0.4 is 4.74 Å². The molecule has 0 radical (unpaired) electrons. The van der Waals surface area contributed by atoms with E-state index in [9.17, 15) is 0 Å². The Balaban J connectivity index is 2.18. The standard InChI is InChI=1S/C11H9ClN2O2/c12-9-3-1-2-4-10(9)16-11-6-5-8(7-15)13-14-11/h1-6,15H,7H2. The Labute approximate surface area is 97.5 Å². The zero-order valence-electron chi connectivity index (χ0n) is 8.30. The van der Waals surface area contributed by atoms with E-state index in [1.807, 2.05) is 12.1 Å². The van der Waals surface area contributed by atoms with Crippen molar-refractivity contribution in [2.24, 2.45) is 0 Å². The number of aromatic nitrogens is 2. The van der Waals surface area contributed by atoms with Gasteiger partial charge in [-0.2, -0.15) is 0 Å². The Morgan fingerprint density at radius 2 is 1.94 bits per heavy atom. The van der Waals surface area contributed by atoms with Crippen LogP contribution in [0.4, 0.5) is 0 Å². The summed E-state index contributed by atoms with van der Waals surface area (Å²) in [7, 11) is 0. The Hall–Kier alpha value is -1.65. The largest absolute Gasteiger partial charge is 0.436 e. The van der Waals surface area contributed by atoms with E-state index in [1.165, 1.54) is 0 Å². The van der Waals surface area contributed by atoms with Crippen LogP contribution in [0.25, 0.3) is 0 Å². The lowest BCUT2D eigenvalue weighted by Gasteiger charge is -2.05. The zero-order chi connectivity index (χ0) is 11.4. The van der Waals surface area contributed by atoms with Crippen LogP contribution in [-0.4, -0.2) is 15.3 Å². The molecule has 0 spiro atoms. The number of benzene rings is 1. The maximum Gasteiger partial charge on any atom is 0.238 e. The quantitative estimate of drug-likeness (QED) is 0.889. The summed E-state index contributed by atoms with van der Waals surface area (Å²) < 4.78 is 5.42. The molecule has 5 heteroatoms. The highest BCUT2D eigenvalue weighted by atomic mass is 35.5. The van der Waals surface area contributed by atoms with E-state index in [1.54, 1.807) is 24.3 Å². The predicted octanol–water partition coefficient (Wildman–Crippen LogP) is 2.41. The molecule has 0 aliphatic rings. The van der Waals surface area contributed by atoms with Gasteiger partial charge >= 0.3 is 0 Å². The number of para-hydroxylation sites is 1. The number of halogens is 1. The summed E-state index contributed by atoms with van der Waals surface area (Å²) in [6, 6.07) is 10.4. The number of nitrogens with zero attached hydrogens (tertiary/aromatic N) is 2. The summed E-state index contributed by atoms with van der Waals surface area (Å²) in [4.78, 5) is 0. The second-order valence-electron chi connectivity index (χ2n) is 3.05. The second kappa shape index (κ2) is 4.92. The van der Waals surface area contributed by atoms with Crippen LogP contribution in [0.15, 0.2) is 36.4 Å². The lowest BCUT2D eigenvalue weighted by Crippen LogP contribution is -1.95. The smallest absolute Gasteiger partial charge is 0.238 e. The van der Waals surface area contributed by atoms with Crippen molar-refractivity contribution in [3.63, 3.8) is 0 Å². The van der Waals surface area contributed by atoms with Gasteiger partial charge in [0.15, 0.2) is 0 Å². The van der Waals surface area contributed by atoms with E-state index in [-0.39, 0.29) is 6.61 Å². The molecule has 0 fully saturated rings. The number of ether oxygens (including phenoxy) is 1. The minimum atomic E-state index is -0.140. The predicted molar refractivity (Wildman–Crippen MR) is 59.5 cm³/mol. The highest BCUT2D eigenvalue weighted by Crippen LogP contribution is 2.27. The molecule has 1 heterocycles. The normalized spacial score (nSPS) is 10.1. The van der Waals surface area contributed by atoms with Gasteiger partial charge in [-0.15, -0.1) is 10.2 Å². The Morgan fingerprint density at radius 3 is 2.56 bits per heavy atom. The van der Waals surface area contributed by atoms with E-state index < -0.39 is 0 Å². The molecule has 1 aromatic heterocycles. The van der Waals surface area contributed by atoms with Gasteiger partial charge in [-0.05, 0) is 18.2 Å². The highest BCUT2D eigenvalue weighted by molar-refractivity contribution is 6.32. The maximum absolute atomic E-state index is 8.80. The van der Waals surface area contributed by atoms with Crippen LogP contribution >= 0.6 is 11.6 Å². The first-order valence-electron chi connectivity index (χ1n) is 4.65. The maximum atomic E-state index is 8.80. The van der Waals surface area contributed by atoms with Gasteiger partial charge in [-0.25, -0.2) is 0 Å². The van der Waals surface area contributed by atoms with Crippen LogP contribution in [0.5, 0.6) is 11.6 Å². The van der Waals surface area contributed by atoms with Crippen molar-refractivity contribution < 1.29 is 9.84 Å². The van der Waals surface area contributed by atoms with Crippen molar-refractivity contribution in [1.82, 2.24) is 10.2 Å². The average molecular weight is 237 g/mol. The minimum absolute atomic E-state index is 0.140. The molecule has 2 rings (SSSR count). The summed E-state index contributed by atoms with van der Waals surface area (Å²) in [6.45, 7) is -0.140. The molecule has 4 nitrogen and oxygen atoms in total. The van der Waals surface area contributed by atoms with E-state index in [2.05, 4.69) is 10.2 Å². The van der Waals surface area contributed by atoms with Crippen molar-refractivity contribution in [3.8, 4) is 11.6 Å². The topological polar surface area (TPSA) is 55.2 Å². The fraction of sp³-hybridized carbons (Fsp3) is 0.0909. The lowest BCUT2D eigenvalue weighted by molar-refractivity contribution is 0.274. The Morgan fingerprint density at radius 1 is 1.12 bits per heavy atom. The van der Waals surface area contributed by atoms with Crippen molar-refractivity contribution in [3.05, 3.63) is 47.1 Å². The third kappa shape index (κ3) is 2.48. The number of hydrogen-bond donors (Lipinski definition) is 1. The first-order chi connectivity index (χ1) is 7.79. The number of aliphatic hydroxyl groups is 1. The summed E-state index contributed by atoms with van der Waals surface area (Å²) in [5, 5.41) is 16.9. The molecule has 0 atom stereocenters. The molecule has 0 aliphatic carbocycles. The van der Waals surface area contributed by atoms with E-state index in [0.29, 0.717) is 22.3 Å². The van der Waals surface area contributed by atoms with Gasteiger partial charge in [0, 0.05) is 6.07 Å². The average Bonchev–Trinajstić information content (AvgIpc) is 2.33. The van der Waals surface area contributed by atoms with Crippen molar-refractivity contribution in [2.45, 2.75) is 6.61 Å². The molecule has 1 N–H and O–H groups in total. The van der Waals surface area contributed by atoms with Gasteiger partial charge in [0.1, 0.15) is 5.75 Å². The van der Waals surface area contributed by atoms with Gasteiger partial charge in [-0.3, -0.25) is 0 Å². The monoisotopic (exact) mass is 236 g/mol. The third-order valence-corrected chi connectivity index (χ3v) is 2.22. The van der Waals surface area contributed by atoms with Crippen LogP contribution in [0.3, 0.4) is 0 Å². The molecular weight excluding hydrogens is 228 g/mol. The Kier molecular flexibility index (Phi) is 3.34. The SMILES string of the molecule is OCc1ccc(Oc2ccccc2Cl)nn1. The molecule has 1 aromatic carbocycles. The minimum Gasteiger partial charge on any atom is -0.436 e. The van der Waals surface area contributed by atoms with Crippen molar-refractivity contribution in [1.29, 1.82) is 0 Å². The van der Waals surface area contributed by atoms with Gasteiger partial charge in [-0.1, -0.05) is 23.7 Å². The molecule has 82 valence electrons. The highest BCUT2D eigenvalue weighted by Gasteiger charge is 2.03. The first kappa shape index (κ1) is 10.9. The van der Waals surface area contributed by atoms with Crippen LogP contribution in [0.1, 0.15) is 5.69 Å². The molecular formula is C11H9ClN2O2. The molecule has 0 aliphatic heterocycles. The number of aliphatic hydroxyl groups excluding tert-OH is 1. The fourth-order valence-corrected chi connectivity index (χ4v) is 1.30. The van der Waals surface area contributed by atoms with Crippen molar-refractivity contribution in [2.75, 3.05) is 0 Å².